The van der Waals surface area contributed by atoms with Crippen molar-refractivity contribution >= 4 is 17.0 Å². The Kier molecular flexibility index (Phi) is 6.73. The molecule has 0 spiro atoms. The van der Waals surface area contributed by atoms with Gasteiger partial charge in [-0.05, 0) is 57.7 Å². The van der Waals surface area contributed by atoms with Gasteiger partial charge in [0.25, 0.3) is 0 Å². The predicted octanol–water partition coefficient (Wildman–Crippen LogP) is 5.98. The summed E-state index contributed by atoms with van der Waals surface area (Å²) in [6.45, 7) is 9.77. The zero-order valence-electron chi connectivity index (χ0n) is 21.4. The van der Waals surface area contributed by atoms with Crippen LogP contribution in [-0.4, -0.2) is 60.9 Å². The fourth-order valence-corrected chi connectivity index (χ4v) is 6.33. The molecule has 0 unspecified atom stereocenters. The molecule has 0 aromatic carbocycles. The van der Waals surface area contributed by atoms with Crippen LogP contribution in [0.25, 0.3) is 27.6 Å². The van der Waals surface area contributed by atoms with E-state index in [1.807, 2.05) is 19.9 Å². The number of hydrogen-bond donors (Lipinski definition) is 1. The fourth-order valence-electron chi connectivity index (χ4n) is 5.07. The van der Waals surface area contributed by atoms with Crippen LogP contribution in [0.3, 0.4) is 0 Å². The Morgan fingerprint density at radius 1 is 1.16 bits per heavy atom. The normalized spacial score (nSPS) is 15.9. The summed E-state index contributed by atoms with van der Waals surface area (Å²) in [6, 6.07) is 2.20. The average molecular weight is 534 g/mol. The van der Waals surface area contributed by atoms with Gasteiger partial charge in [0.05, 0.1) is 12.8 Å². The van der Waals surface area contributed by atoms with Crippen LogP contribution in [0.4, 0.5) is 13.2 Å². The molecule has 5 heterocycles. The van der Waals surface area contributed by atoms with Gasteiger partial charge < -0.3 is 9.64 Å². The predicted molar refractivity (Wildman–Crippen MR) is 136 cm³/mol. The highest BCUT2D eigenvalue weighted by Crippen LogP contribution is 2.46. The molecule has 0 bridgehead atoms. The molecule has 1 aliphatic rings. The van der Waals surface area contributed by atoms with E-state index >= 15 is 0 Å². The van der Waals surface area contributed by atoms with Gasteiger partial charge >= 0.3 is 6.18 Å². The largest absolute Gasteiger partial charge is 0.493 e. The number of piperidine rings is 1. The Labute approximate surface area is 216 Å². The molecule has 4 aromatic heterocycles. The first-order chi connectivity index (χ1) is 17.6. The lowest BCUT2D eigenvalue weighted by Crippen LogP contribution is -2.38. The zero-order chi connectivity index (χ0) is 26.5. The molecule has 0 aliphatic carbocycles. The van der Waals surface area contributed by atoms with Gasteiger partial charge in [0.2, 0.25) is 0 Å². The van der Waals surface area contributed by atoms with Crippen LogP contribution in [0.1, 0.15) is 68.5 Å². The van der Waals surface area contributed by atoms with Crippen molar-refractivity contribution in [2.45, 2.75) is 64.6 Å². The fraction of sp³-hybridized carbons (Fsp3) is 0.520. The number of H-pyrrole nitrogens is 1. The number of nitrogens with one attached hydrogen (secondary N) is 1. The van der Waals surface area contributed by atoms with E-state index in [9.17, 15) is 13.2 Å². The van der Waals surface area contributed by atoms with E-state index in [4.69, 9.17) is 4.74 Å². The first kappa shape index (κ1) is 25.7. The maximum atomic E-state index is 14.1. The van der Waals surface area contributed by atoms with Crippen LogP contribution in [0.15, 0.2) is 18.6 Å². The number of alkyl halides is 3. The summed E-state index contributed by atoms with van der Waals surface area (Å²) >= 11 is 1.12. The summed E-state index contributed by atoms with van der Waals surface area (Å²) in [6.07, 6.45) is 0.0740. The molecule has 0 atom stereocenters. The third-order valence-electron chi connectivity index (χ3n) is 6.99. The first-order valence-electron chi connectivity index (χ1n) is 12.4. The highest BCUT2D eigenvalue weighted by Gasteiger charge is 2.41. The van der Waals surface area contributed by atoms with Gasteiger partial charge in [0, 0.05) is 28.2 Å². The van der Waals surface area contributed by atoms with Crippen molar-refractivity contribution in [1.29, 1.82) is 0 Å². The molecule has 0 saturated carbocycles. The molecular weight excluding hydrogens is 503 g/mol. The number of pyridine rings is 1. The maximum absolute atomic E-state index is 14.1. The SMILES string of the molecule is COc1cc(-c2[nH]nc(-c3nc(C(F)(F)F)c(C4CCN(C(C)C)CC4)s3)c2C(C)C)cn2ncnc12. The average Bonchev–Trinajstić information content (AvgIpc) is 3.60. The summed E-state index contributed by atoms with van der Waals surface area (Å²) in [5.41, 5.74) is 2.47. The van der Waals surface area contributed by atoms with E-state index < -0.39 is 11.9 Å². The van der Waals surface area contributed by atoms with Crippen molar-refractivity contribution in [2.24, 2.45) is 0 Å². The lowest BCUT2D eigenvalue weighted by molar-refractivity contribution is -0.141. The van der Waals surface area contributed by atoms with Crippen LogP contribution in [0.2, 0.25) is 0 Å². The quantitative estimate of drug-likeness (QED) is 0.328. The lowest BCUT2D eigenvalue weighted by Gasteiger charge is -2.34. The maximum Gasteiger partial charge on any atom is 0.434 e. The molecule has 1 saturated heterocycles. The highest BCUT2D eigenvalue weighted by atomic mass is 32.1. The van der Waals surface area contributed by atoms with E-state index in [0.29, 0.717) is 46.5 Å². The topological polar surface area (TPSA) is 84.2 Å². The van der Waals surface area contributed by atoms with Gasteiger partial charge in [-0.1, -0.05) is 13.8 Å². The molecule has 0 amide bonds. The van der Waals surface area contributed by atoms with Crippen molar-refractivity contribution in [3.05, 3.63) is 34.7 Å². The number of halogens is 3. The van der Waals surface area contributed by atoms with Crippen LogP contribution in [-0.2, 0) is 6.18 Å². The van der Waals surface area contributed by atoms with Crippen molar-refractivity contribution < 1.29 is 17.9 Å². The van der Waals surface area contributed by atoms with Crippen LogP contribution in [0.5, 0.6) is 5.75 Å². The summed E-state index contributed by atoms with van der Waals surface area (Å²) in [5.74, 6) is 0.333. The summed E-state index contributed by atoms with van der Waals surface area (Å²) in [5, 5.41) is 12.0. The number of thiazole rings is 1. The van der Waals surface area contributed by atoms with Crippen LogP contribution in [0, 0.1) is 0 Å². The van der Waals surface area contributed by atoms with Gasteiger partial charge in [-0.15, -0.1) is 11.3 Å². The number of likely N-dealkylation sites (tertiary alicyclic amines) is 1. The molecule has 4 aromatic rings. The number of fused-ring (bicyclic) bond motifs is 1. The number of methoxy groups -OCH3 is 1. The smallest absolute Gasteiger partial charge is 0.434 e. The standard InChI is InChI=1S/C25H30F3N7OS/c1-13(2)18-19(16-10-17(36-5)23-29-12-30-35(23)11-16)32-33-20(18)24-31-22(25(26,27)28)21(37-24)15-6-8-34(9-7-15)14(3)4/h10-15H,6-9H2,1-5H3,(H,32,33). The van der Waals surface area contributed by atoms with Gasteiger partial charge in [-0.25, -0.2) is 14.5 Å². The van der Waals surface area contributed by atoms with Gasteiger partial charge in [0.15, 0.2) is 17.1 Å². The van der Waals surface area contributed by atoms with E-state index in [0.717, 1.165) is 35.6 Å². The first-order valence-corrected chi connectivity index (χ1v) is 13.2. The Bertz CT molecular complexity index is 1400. The third-order valence-corrected chi connectivity index (χ3v) is 8.21. The summed E-state index contributed by atoms with van der Waals surface area (Å²) in [4.78, 5) is 11.0. The van der Waals surface area contributed by atoms with Crippen molar-refractivity contribution in [3.63, 3.8) is 0 Å². The number of hydrogen-bond acceptors (Lipinski definition) is 7. The zero-order valence-corrected chi connectivity index (χ0v) is 22.2. The minimum atomic E-state index is -4.53. The van der Waals surface area contributed by atoms with Gasteiger partial charge in [0.1, 0.15) is 17.0 Å². The molecular formula is C25H30F3N7OS. The Balaban J connectivity index is 1.58. The molecule has 8 nitrogen and oxygen atoms in total. The van der Waals surface area contributed by atoms with Crippen LogP contribution < -0.4 is 4.74 Å². The Hall–Kier alpha value is -2.99. The van der Waals surface area contributed by atoms with E-state index in [1.165, 1.54) is 6.33 Å². The Morgan fingerprint density at radius 3 is 2.51 bits per heavy atom. The molecule has 1 N–H and O–H groups in total. The van der Waals surface area contributed by atoms with Crippen molar-refractivity contribution in [1.82, 2.24) is 34.7 Å². The van der Waals surface area contributed by atoms with E-state index in [2.05, 4.69) is 44.0 Å². The summed E-state index contributed by atoms with van der Waals surface area (Å²) in [7, 11) is 1.55. The van der Waals surface area contributed by atoms with Crippen molar-refractivity contribution in [3.8, 4) is 27.7 Å². The van der Waals surface area contributed by atoms with E-state index in [1.54, 1.807) is 17.8 Å². The third kappa shape index (κ3) is 4.72. The number of ether oxygens (including phenoxy) is 1. The number of rotatable bonds is 6. The summed E-state index contributed by atoms with van der Waals surface area (Å²) < 4.78 is 49.5. The van der Waals surface area contributed by atoms with E-state index in [-0.39, 0.29) is 16.8 Å². The molecule has 198 valence electrons. The minimum absolute atomic E-state index is 0.0304. The second-order valence-electron chi connectivity index (χ2n) is 9.97. The lowest BCUT2D eigenvalue weighted by atomic mass is 9.93. The minimum Gasteiger partial charge on any atom is -0.493 e. The number of aromatic amines is 1. The molecule has 1 fully saturated rings. The number of aromatic nitrogens is 6. The van der Waals surface area contributed by atoms with Crippen LogP contribution >= 0.6 is 11.3 Å². The second kappa shape index (κ2) is 9.71. The van der Waals surface area contributed by atoms with Crippen molar-refractivity contribution in [2.75, 3.05) is 20.2 Å². The highest BCUT2D eigenvalue weighted by molar-refractivity contribution is 7.15. The monoisotopic (exact) mass is 533 g/mol. The molecule has 12 heteroatoms. The Morgan fingerprint density at radius 2 is 1.89 bits per heavy atom. The molecule has 0 radical (unpaired) electrons. The van der Waals surface area contributed by atoms with Gasteiger partial charge in [-0.2, -0.15) is 23.4 Å². The van der Waals surface area contributed by atoms with Gasteiger partial charge in [-0.3, -0.25) is 5.10 Å². The molecule has 5 rings (SSSR count). The molecule has 1 aliphatic heterocycles. The molecule has 37 heavy (non-hydrogen) atoms. The second-order valence-corrected chi connectivity index (χ2v) is 11.0. The number of nitrogens with zero attached hydrogens (tertiary/aromatic N) is 6.